The molecule has 0 aliphatic carbocycles. The van der Waals surface area contributed by atoms with E-state index < -0.39 is 0 Å². The summed E-state index contributed by atoms with van der Waals surface area (Å²) in [6.07, 6.45) is 5.46. The van der Waals surface area contributed by atoms with Gasteiger partial charge in [0, 0.05) is 19.2 Å². The number of pyridine rings is 1. The maximum Gasteiger partial charge on any atom is 0.0652 e. The van der Waals surface area contributed by atoms with Crippen LogP contribution in [0.25, 0.3) is 0 Å². The first-order valence-corrected chi connectivity index (χ1v) is 8.09. The van der Waals surface area contributed by atoms with Gasteiger partial charge in [-0.2, -0.15) is 11.3 Å². The van der Waals surface area contributed by atoms with Gasteiger partial charge in [-0.15, -0.1) is 0 Å². The molecule has 0 unspecified atom stereocenters. The predicted octanol–water partition coefficient (Wildman–Crippen LogP) is 3.26. The number of hydrogen-bond donors (Lipinski definition) is 2. The maximum atomic E-state index is 4.30. The van der Waals surface area contributed by atoms with Crippen LogP contribution in [-0.2, 0) is 12.8 Å². The monoisotopic (exact) mass is 289 g/mol. The van der Waals surface area contributed by atoms with Crippen LogP contribution in [0.3, 0.4) is 0 Å². The molecule has 1 aliphatic heterocycles. The summed E-state index contributed by atoms with van der Waals surface area (Å²) in [6, 6.07) is 4.34. The molecule has 20 heavy (non-hydrogen) atoms. The van der Waals surface area contributed by atoms with Gasteiger partial charge in [0.05, 0.1) is 11.4 Å². The molecule has 2 aromatic heterocycles. The van der Waals surface area contributed by atoms with Crippen LogP contribution in [0, 0.1) is 6.92 Å². The van der Waals surface area contributed by atoms with E-state index in [2.05, 4.69) is 45.4 Å². The van der Waals surface area contributed by atoms with Gasteiger partial charge in [0.25, 0.3) is 0 Å². The van der Waals surface area contributed by atoms with Crippen LogP contribution >= 0.6 is 11.3 Å². The molecule has 1 aliphatic rings. The molecule has 0 bridgehead atoms. The molecule has 0 aromatic carbocycles. The second-order valence-electron chi connectivity index (χ2n) is 5.02. The Kier molecular flexibility index (Phi) is 6.02. The Morgan fingerprint density at radius 2 is 2.35 bits per heavy atom. The standard InChI is InChI=1S/C8H10N2.C8H13NS/c1-6-4-8-7(10-5-6)2-3-9-8;1-9-5-2-3-8-4-6-10-7-8/h4-5,9H,2-3H2,1H3;4,6-7,9H,2-3,5H2,1H3. The molecule has 3 heterocycles. The largest absolute Gasteiger partial charge is 0.383 e. The summed E-state index contributed by atoms with van der Waals surface area (Å²) in [5.74, 6) is 0. The van der Waals surface area contributed by atoms with Crippen LogP contribution in [0.4, 0.5) is 5.69 Å². The van der Waals surface area contributed by atoms with Crippen LogP contribution in [0.2, 0.25) is 0 Å². The minimum Gasteiger partial charge on any atom is -0.383 e. The molecule has 0 amide bonds. The van der Waals surface area contributed by atoms with Gasteiger partial charge in [-0.3, -0.25) is 4.98 Å². The molecule has 2 aromatic rings. The number of fused-ring (bicyclic) bond motifs is 1. The van der Waals surface area contributed by atoms with Crippen molar-refractivity contribution in [1.82, 2.24) is 10.3 Å². The molecule has 3 rings (SSSR count). The molecule has 2 N–H and O–H groups in total. The quantitative estimate of drug-likeness (QED) is 0.848. The Balaban J connectivity index is 0.000000147. The van der Waals surface area contributed by atoms with Gasteiger partial charge in [-0.05, 0) is 67.4 Å². The normalized spacial score (nSPS) is 12.3. The highest BCUT2D eigenvalue weighted by atomic mass is 32.1. The molecule has 0 fully saturated rings. The predicted molar refractivity (Wildman–Crippen MR) is 87.7 cm³/mol. The number of aryl methyl sites for hydroxylation is 2. The zero-order valence-electron chi connectivity index (χ0n) is 12.3. The Labute approximate surface area is 125 Å². The highest BCUT2D eigenvalue weighted by molar-refractivity contribution is 7.07. The van der Waals surface area contributed by atoms with E-state index in [9.17, 15) is 0 Å². The molecule has 0 saturated heterocycles. The van der Waals surface area contributed by atoms with Crippen molar-refractivity contribution >= 4 is 17.0 Å². The average Bonchev–Trinajstić information content (AvgIpc) is 3.10. The number of nitrogens with zero attached hydrogens (tertiary/aromatic N) is 1. The van der Waals surface area contributed by atoms with E-state index in [1.807, 2.05) is 13.2 Å². The first-order chi connectivity index (χ1) is 9.79. The van der Waals surface area contributed by atoms with Crippen LogP contribution in [0.15, 0.2) is 29.1 Å². The van der Waals surface area contributed by atoms with E-state index in [0.717, 1.165) is 19.5 Å². The van der Waals surface area contributed by atoms with Crippen molar-refractivity contribution in [2.24, 2.45) is 0 Å². The fourth-order valence-electron chi connectivity index (χ4n) is 2.17. The zero-order valence-corrected chi connectivity index (χ0v) is 13.1. The summed E-state index contributed by atoms with van der Waals surface area (Å²) in [5, 5.41) is 10.8. The molecule has 3 nitrogen and oxygen atoms in total. The number of thiophene rings is 1. The maximum absolute atomic E-state index is 4.30. The summed E-state index contributed by atoms with van der Waals surface area (Å²) in [6.45, 7) is 4.23. The molecule has 4 heteroatoms. The topological polar surface area (TPSA) is 37.0 Å². The van der Waals surface area contributed by atoms with Crippen molar-refractivity contribution in [3.05, 3.63) is 45.9 Å². The van der Waals surface area contributed by atoms with Gasteiger partial charge in [-0.25, -0.2) is 0 Å². The lowest BCUT2D eigenvalue weighted by Gasteiger charge is -1.97. The van der Waals surface area contributed by atoms with Gasteiger partial charge in [-0.1, -0.05) is 0 Å². The molecule has 0 spiro atoms. The molecule has 108 valence electrons. The van der Waals surface area contributed by atoms with E-state index in [4.69, 9.17) is 0 Å². The lowest BCUT2D eigenvalue weighted by Crippen LogP contribution is -2.07. The van der Waals surface area contributed by atoms with Gasteiger partial charge in [0.15, 0.2) is 0 Å². The lowest BCUT2D eigenvalue weighted by molar-refractivity contribution is 0.726. The second kappa shape index (κ2) is 8.02. The van der Waals surface area contributed by atoms with Crippen LogP contribution in [0.1, 0.15) is 23.2 Å². The minimum absolute atomic E-state index is 1.05. The van der Waals surface area contributed by atoms with E-state index in [-0.39, 0.29) is 0 Å². The molecular formula is C16H23N3S. The molecule has 0 radical (unpaired) electrons. The van der Waals surface area contributed by atoms with Crippen LogP contribution < -0.4 is 10.6 Å². The third-order valence-corrected chi connectivity index (χ3v) is 3.99. The van der Waals surface area contributed by atoms with Crippen LogP contribution in [0.5, 0.6) is 0 Å². The summed E-state index contributed by atoms with van der Waals surface area (Å²) in [7, 11) is 1.99. The van der Waals surface area contributed by atoms with Gasteiger partial charge in [0.2, 0.25) is 0 Å². The van der Waals surface area contributed by atoms with Crippen molar-refractivity contribution in [2.75, 3.05) is 25.5 Å². The Morgan fingerprint density at radius 1 is 1.45 bits per heavy atom. The van der Waals surface area contributed by atoms with E-state index in [1.54, 1.807) is 11.3 Å². The van der Waals surface area contributed by atoms with Gasteiger partial charge in [0.1, 0.15) is 0 Å². The smallest absolute Gasteiger partial charge is 0.0652 e. The number of hydrogen-bond acceptors (Lipinski definition) is 4. The van der Waals surface area contributed by atoms with E-state index in [0.29, 0.717) is 0 Å². The number of nitrogens with one attached hydrogen (secondary N) is 2. The molecule has 0 atom stereocenters. The Hall–Kier alpha value is -1.39. The summed E-state index contributed by atoms with van der Waals surface area (Å²) in [5.41, 5.74) is 5.14. The van der Waals surface area contributed by atoms with Crippen LogP contribution in [-0.4, -0.2) is 25.1 Å². The molecule has 0 saturated carbocycles. The highest BCUT2D eigenvalue weighted by Crippen LogP contribution is 2.19. The van der Waals surface area contributed by atoms with Crippen molar-refractivity contribution < 1.29 is 0 Å². The number of anilines is 1. The average molecular weight is 289 g/mol. The Bertz CT molecular complexity index is 508. The summed E-state index contributed by atoms with van der Waals surface area (Å²) >= 11 is 1.78. The van der Waals surface area contributed by atoms with Crippen molar-refractivity contribution in [2.45, 2.75) is 26.2 Å². The van der Waals surface area contributed by atoms with E-state index >= 15 is 0 Å². The van der Waals surface area contributed by atoms with Gasteiger partial charge >= 0.3 is 0 Å². The number of aromatic nitrogens is 1. The SMILES string of the molecule is CNCCCc1ccsc1.Cc1cnc2c(c1)NCC2. The minimum atomic E-state index is 1.05. The fourth-order valence-corrected chi connectivity index (χ4v) is 2.87. The summed E-state index contributed by atoms with van der Waals surface area (Å²) < 4.78 is 0. The third kappa shape index (κ3) is 4.62. The number of rotatable bonds is 4. The Morgan fingerprint density at radius 3 is 3.10 bits per heavy atom. The fraction of sp³-hybridized carbons (Fsp3) is 0.438. The summed E-state index contributed by atoms with van der Waals surface area (Å²) in [4.78, 5) is 4.30. The van der Waals surface area contributed by atoms with Crippen molar-refractivity contribution in [3.63, 3.8) is 0 Å². The van der Waals surface area contributed by atoms with Crippen molar-refractivity contribution in [1.29, 1.82) is 0 Å². The first kappa shape index (κ1) is 15.0. The van der Waals surface area contributed by atoms with Crippen molar-refractivity contribution in [3.8, 4) is 0 Å². The lowest BCUT2D eigenvalue weighted by atomic mass is 10.2. The van der Waals surface area contributed by atoms with Gasteiger partial charge < -0.3 is 10.6 Å². The third-order valence-electron chi connectivity index (χ3n) is 3.26. The highest BCUT2D eigenvalue weighted by Gasteiger charge is 2.09. The molecular weight excluding hydrogens is 266 g/mol. The zero-order chi connectivity index (χ0) is 14.2. The first-order valence-electron chi connectivity index (χ1n) is 7.14. The van der Waals surface area contributed by atoms with E-state index in [1.165, 1.54) is 35.3 Å². The second-order valence-corrected chi connectivity index (χ2v) is 5.80.